The topological polar surface area (TPSA) is 20.3 Å². The van der Waals surface area contributed by atoms with Gasteiger partial charge in [0, 0.05) is 30.9 Å². The number of nitrogens with zero attached hydrogens (tertiary/aromatic N) is 1. The molecule has 2 rings (SSSR count). The smallest absolute Gasteiger partial charge is 0.160 e. The third kappa shape index (κ3) is 2.96. The molecule has 1 saturated carbocycles. The molecule has 1 atom stereocenters. The van der Waals surface area contributed by atoms with Crippen LogP contribution < -0.4 is 4.90 Å². The summed E-state index contributed by atoms with van der Waals surface area (Å²) < 4.78 is 0. The molecule has 2 nitrogen and oxygen atoms in total. The lowest BCUT2D eigenvalue weighted by Gasteiger charge is -2.22. The van der Waals surface area contributed by atoms with Gasteiger partial charge in [-0.2, -0.15) is 0 Å². The zero-order chi connectivity index (χ0) is 12.3. The Morgan fingerprint density at radius 1 is 1.29 bits per heavy atom. The van der Waals surface area contributed by atoms with Crippen LogP contribution in [0.4, 0.5) is 5.69 Å². The van der Waals surface area contributed by atoms with Crippen LogP contribution in [-0.4, -0.2) is 12.8 Å². The Hall–Kier alpha value is -1.57. The highest BCUT2D eigenvalue weighted by molar-refractivity contribution is 5.96. The predicted octanol–water partition coefficient (Wildman–Crippen LogP) is 3.40. The zero-order valence-corrected chi connectivity index (χ0v) is 10.5. The molecule has 1 aliphatic rings. The zero-order valence-electron chi connectivity index (χ0n) is 10.5. The van der Waals surface area contributed by atoms with E-state index in [-0.39, 0.29) is 0 Å². The summed E-state index contributed by atoms with van der Waals surface area (Å²) in [5.41, 5.74) is 2.08. The highest BCUT2D eigenvalue weighted by Gasteiger charge is 2.20. The summed E-state index contributed by atoms with van der Waals surface area (Å²) in [6.07, 6.45) is 4.73. The van der Waals surface area contributed by atoms with Gasteiger partial charge in [0.2, 0.25) is 0 Å². The molecule has 1 fully saturated rings. The first-order valence-electron chi connectivity index (χ1n) is 6.18. The van der Waals surface area contributed by atoms with Crippen molar-refractivity contribution < 1.29 is 4.79 Å². The molecule has 1 aromatic rings. The molecule has 17 heavy (non-hydrogen) atoms. The Morgan fingerprint density at radius 2 is 2.00 bits per heavy atom. The molecule has 0 amide bonds. The molecule has 0 unspecified atom stereocenters. The normalized spacial score (nSPS) is 22.8. The number of para-hydroxylation sites is 1. The summed E-state index contributed by atoms with van der Waals surface area (Å²) in [5.74, 6) is 0.855. The van der Waals surface area contributed by atoms with Crippen molar-refractivity contribution in [3.63, 3.8) is 0 Å². The average Bonchev–Trinajstić information content (AvgIpc) is 2.34. The summed E-state index contributed by atoms with van der Waals surface area (Å²) in [4.78, 5) is 13.9. The van der Waals surface area contributed by atoms with E-state index in [1.165, 1.54) is 0 Å². The van der Waals surface area contributed by atoms with E-state index in [1.54, 1.807) is 0 Å². The third-order valence-electron chi connectivity index (χ3n) is 3.31. The number of Topliss-reactive ketones (excluding diaryl/α,β-unsaturated/α-hetero) is 1. The van der Waals surface area contributed by atoms with Crippen LogP contribution in [0.2, 0.25) is 0 Å². The number of allylic oxidation sites excluding steroid dienone is 1. The molecule has 0 N–H and O–H groups in total. The van der Waals surface area contributed by atoms with E-state index in [4.69, 9.17) is 0 Å². The molecular formula is C15H19NO. The van der Waals surface area contributed by atoms with Crippen molar-refractivity contribution >= 4 is 11.5 Å². The van der Waals surface area contributed by atoms with Crippen molar-refractivity contribution in [3.05, 3.63) is 42.1 Å². The van der Waals surface area contributed by atoms with Gasteiger partial charge in [-0.15, -0.1) is 0 Å². The maximum absolute atomic E-state index is 11.9. The fourth-order valence-corrected chi connectivity index (χ4v) is 2.20. The highest BCUT2D eigenvalue weighted by atomic mass is 16.1. The van der Waals surface area contributed by atoms with Gasteiger partial charge in [0.25, 0.3) is 0 Å². The largest absolute Gasteiger partial charge is 0.351 e. The van der Waals surface area contributed by atoms with E-state index in [1.807, 2.05) is 48.5 Å². The molecule has 0 spiro atoms. The second-order valence-corrected chi connectivity index (χ2v) is 4.87. The monoisotopic (exact) mass is 229 g/mol. The third-order valence-corrected chi connectivity index (χ3v) is 3.31. The number of hydrogen-bond donors (Lipinski definition) is 0. The van der Waals surface area contributed by atoms with E-state index in [9.17, 15) is 4.79 Å². The van der Waals surface area contributed by atoms with Gasteiger partial charge in [0.1, 0.15) is 0 Å². The van der Waals surface area contributed by atoms with Gasteiger partial charge < -0.3 is 4.90 Å². The van der Waals surface area contributed by atoms with Gasteiger partial charge in [-0.05, 0) is 30.9 Å². The molecule has 1 aliphatic carbocycles. The van der Waals surface area contributed by atoms with Crippen LogP contribution >= 0.6 is 0 Å². The quantitative estimate of drug-likeness (QED) is 0.724. The molecule has 0 heterocycles. The fourth-order valence-electron chi connectivity index (χ4n) is 2.20. The van der Waals surface area contributed by atoms with Gasteiger partial charge >= 0.3 is 0 Å². The minimum Gasteiger partial charge on any atom is -0.351 e. The van der Waals surface area contributed by atoms with Crippen LogP contribution in [0.5, 0.6) is 0 Å². The van der Waals surface area contributed by atoms with Gasteiger partial charge in [-0.1, -0.05) is 25.1 Å². The highest BCUT2D eigenvalue weighted by Crippen LogP contribution is 2.26. The predicted molar refractivity (Wildman–Crippen MR) is 71.0 cm³/mol. The van der Waals surface area contributed by atoms with Crippen molar-refractivity contribution in [2.24, 2.45) is 5.92 Å². The lowest BCUT2D eigenvalue weighted by molar-refractivity contribution is -0.117. The van der Waals surface area contributed by atoms with Crippen molar-refractivity contribution in [1.82, 2.24) is 0 Å². The Balaban J connectivity index is 2.12. The molecular weight excluding hydrogens is 210 g/mol. The van der Waals surface area contributed by atoms with Crippen LogP contribution in [0.3, 0.4) is 0 Å². The van der Waals surface area contributed by atoms with E-state index in [2.05, 4.69) is 6.92 Å². The Labute approximate surface area is 103 Å². The molecule has 0 aromatic heterocycles. The van der Waals surface area contributed by atoms with Crippen LogP contribution in [0.15, 0.2) is 42.1 Å². The van der Waals surface area contributed by atoms with Crippen LogP contribution in [-0.2, 0) is 4.79 Å². The maximum Gasteiger partial charge on any atom is 0.160 e. The average molecular weight is 229 g/mol. The summed E-state index contributed by atoms with van der Waals surface area (Å²) in [5, 5.41) is 0. The van der Waals surface area contributed by atoms with E-state index >= 15 is 0 Å². The Kier molecular flexibility index (Phi) is 3.62. The molecule has 0 radical (unpaired) electrons. The molecule has 90 valence electrons. The first kappa shape index (κ1) is 11.9. The van der Waals surface area contributed by atoms with E-state index in [0.717, 1.165) is 24.1 Å². The SMILES string of the molecule is C[C@@H]1CC/C(=C/N(C)c2ccccc2)C(=O)C1. The minimum absolute atomic E-state index is 0.312. The van der Waals surface area contributed by atoms with E-state index in [0.29, 0.717) is 18.1 Å². The number of carbonyl (C=O) groups excluding carboxylic acids is 1. The van der Waals surface area contributed by atoms with Gasteiger partial charge in [0.15, 0.2) is 5.78 Å². The van der Waals surface area contributed by atoms with Crippen molar-refractivity contribution in [1.29, 1.82) is 0 Å². The summed E-state index contributed by atoms with van der Waals surface area (Å²) in [7, 11) is 1.99. The molecule has 0 bridgehead atoms. The van der Waals surface area contributed by atoms with Gasteiger partial charge in [-0.25, -0.2) is 0 Å². The number of rotatable bonds is 2. The van der Waals surface area contributed by atoms with Crippen molar-refractivity contribution in [3.8, 4) is 0 Å². The molecule has 1 aromatic carbocycles. The molecule has 0 saturated heterocycles. The number of ketones is 1. The summed E-state index contributed by atoms with van der Waals surface area (Å²) in [6, 6.07) is 10.1. The molecule has 2 heteroatoms. The summed E-state index contributed by atoms with van der Waals surface area (Å²) >= 11 is 0. The number of carbonyl (C=O) groups is 1. The second-order valence-electron chi connectivity index (χ2n) is 4.87. The Morgan fingerprint density at radius 3 is 2.65 bits per heavy atom. The number of hydrogen-bond acceptors (Lipinski definition) is 2. The van der Waals surface area contributed by atoms with Gasteiger partial charge in [-0.3, -0.25) is 4.79 Å². The van der Waals surface area contributed by atoms with Crippen LogP contribution in [0, 0.1) is 5.92 Å². The first-order valence-corrected chi connectivity index (χ1v) is 6.18. The first-order chi connectivity index (χ1) is 8.16. The lowest BCUT2D eigenvalue weighted by Crippen LogP contribution is -2.19. The summed E-state index contributed by atoms with van der Waals surface area (Å²) in [6.45, 7) is 2.15. The lowest BCUT2D eigenvalue weighted by atomic mass is 9.86. The molecule has 0 aliphatic heterocycles. The second kappa shape index (κ2) is 5.17. The number of anilines is 1. The van der Waals surface area contributed by atoms with Crippen LogP contribution in [0.1, 0.15) is 26.2 Å². The van der Waals surface area contributed by atoms with Crippen molar-refractivity contribution in [2.45, 2.75) is 26.2 Å². The van der Waals surface area contributed by atoms with Gasteiger partial charge in [0.05, 0.1) is 0 Å². The van der Waals surface area contributed by atoms with Crippen molar-refractivity contribution in [2.75, 3.05) is 11.9 Å². The Bertz CT molecular complexity index is 422. The number of benzene rings is 1. The van der Waals surface area contributed by atoms with E-state index < -0.39 is 0 Å². The minimum atomic E-state index is 0.312. The fraction of sp³-hybridized carbons (Fsp3) is 0.400. The standard InChI is InChI=1S/C15H19NO/c1-12-8-9-13(15(17)10-12)11-16(2)14-6-4-3-5-7-14/h3-7,11-12H,8-10H2,1-2H3/b13-11-/t12-/m1/s1. The maximum atomic E-state index is 11.9. The van der Waals surface area contributed by atoms with Crippen LogP contribution in [0.25, 0.3) is 0 Å².